The van der Waals surface area contributed by atoms with E-state index in [1.54, 1.807) is 29.9 Å². The summed E-state index contributed by atoms with van der Waals surface area (Å²) >= 11 is 1.25. The first-order chi connectivity index (χ1) is 11.9. The van der Waals surface area contributed by atoms with Gasteiger partial charge in [-0.2, -0.15) is 13.2 Å². The number of hydrogen-bond donors (Lipinski definition) is 1. The molecule has 1 amide bonds. The Bertz CT molecular complexity index is 878. The lowest BCUT2D eigenvalue weighted by molar-refractivity contribution is -0.137. The fourth-order valence-electron chi connectivity index (χ4n) is 2.19. The lowest BCUT2D eigenvalue weighted by Crippen LogP contribution is -2.15. The van der Waals surface area contributed by atoms with Crippen LogP contribution in [0, 0.1) is 0 Å². The average molecular weight is 363 g/mol. The van der Waals surface area contributed by atoms with Crippen molar-refractivity contribution in [2.75, 3.05) is 5.32 Å². The number of alkyl halides is 3. The number of rotatable bonds is 4. The van der Waals surface area contributed by atoms with Crippen LogP contribution in [-0.2, 0) is 17.4 Å². The highest BCUT2D eigenvalue weighted by atomic mass is 32.1. The Morgan fingerprint density at radius 1 is 1.16 bits per heavy atom. The van der Waals surface area contributed by atoms with Crippen molar-refractivity contribution in [3.8, 4) is 11.3 Å². The Hall–Kier alpha value is -2.74. The molecule has 1 N–H and O–H groups in total. The second-order valence-electron chi connectivity index (χ2n) is 5.20. The van der Waals surface area contributed by atoms with Gasteiger partial charge in [-0.05, 0) is 23.8 Å². The highest BCUT2D eigenvalue weighted by Crippen LogP contribution is 2.30. The maximum atomic E-state index is 12.7. The van der Waals surface area contributed by atoms with Gasteiger partial charge in [0.1, 0.15) is 0 Å². The Balaban J connectivity index is 1.67. The third kappa shape index (κ3) is 4.42. The van der Waals surface area contributed by atoms with Crippen LogP contribution >= 0.6 is 11.3 Å². The van der Waals surface area contributed by atoms with Gasteiger partial charge in [0.2, 0.25) is 5.91 Å². The number of carbonyl (C=O) groups is 1. The summed E-state index contributed by atoms with van der Waals surface area (Å²) in [5, 5.41) is 4.79. The van der Waals surface area contributed by atoms with Crippen molar-refractivity contribution in [1.29, 1.82) is 0 Å². The van der Waals surface area contributed by atoms with Crippen molar-refractivity contribution in [2.24, 2.45) is 0 Å². The molecular weight excluding hydrogens is 351 g/mol. The Morgan fingerprint density at radius 3 is 2.64 bits per heavy atom. The second kappa shape index (κ2) is 7.02. The molecule has 0 bridgehead atoms. The summed E-state index contributed by atoms with van der Waals surface area (Å²) in [7, 11) is 0. The summed E-state index contributed by atoms with van der Waals surface area (Å²) in [4.78, 5) is 20.3. The first-order valence-corrected chi connectivity index (χ1v) is 8.12. The van der Waals surface area contributed by atoms with E-state index in [4.69, 9.17) is 0 Å². The largest absolute Gasteiger partial charge is 0.416 e. The fourth-order valence-corrected chi connectivity index (χ4v) is 2.93. The number of pyridine rings is 1. The van der Waals surface area contributed by atoms with Gasteiger partial charge in [-0.15, -0.1) is 11.3 Å². The van der Waals surface area contributed by atoms with Crippen LogP contribution < -0.4 is 5.32 Å². The maximum absolute atomic E-state index is 12.7. The molecule has 0 aliphatic carbocycles. The van der Waals surface area contributed by atoms with Gasteiger partial charge in [-0.25, -0.2) is 4.98 Å². The number of anilines is 1. The molecule has 4 nitrogen and oxygen atoms in total. The number of nitrogens with zero attached hydrogens (tertiary/aromatic N) is 2. The first kappa shape index (κ1) is 17.1. The number of amides is 1. The monoisotopic (exact) mass is 363 g/mol. The van der Waals surface area contributed by atoms with Gasteiger partial charge < -0.3 is 5.32 Å². The Morgan fingerprint density at radius 2 is 1.92 bits per heavy atom. The number of aromatic nitrogens is 2. The van der Waals surface area contributed by atoms with Crippen LogP contribution in [0.15, 0.2) is 54.2 Å². The Kier molecular flexibility index (Phi) is 4.80. The summed E-state index contributed by atoms with van der Waals surface area (Å²) < 4.78 is 38.1. The van der Waals surface area contributed by atoms with Crippen LogP contribution in [0.25, 0.3) is 11.3 Å². The minimum absolute atomic E-state index is 0.159. The van der Waals surface area contributed by atoms with Gasteiger partial charge in [0.05, 0.1) is 17.7 Å². The van der Waals surface area contributed by atoms with Crippen LogP contribution in [0.2, 0.25) is 0 Å². The van der Waals surface area contributed by atoms with Gasteiger partial charge in [0, 0.05) is 23.3 Å². The van der Waals surface area contributed by atoms with E-state index in [2.05, 4.69) is 15.3 Å². The molecule has 0 unspecified atom stereocenters. The minimum Gasteiger partial charge on any atom is -0.302 e. The van der Waals surface area contributed by atoms with E-state index in [0.717, 1.165) is 17.7 Å². The van der Waals surface area contributed by atoms with E-state index in [-0.39, 0.29) is 6.42 Å². The van der Waals surface area contributed by atoms with Gasteiger partial charge in [0.15, 0.2) is 5.13 Å². The summed E-state index contributed by atoms with van der Waals surface area (Å²) in [6.07, 6.45) is -1.31. The molecule has 0 aliphatic rings. The minimum atomic E-state index is -4.43. The molecule has 0 aliphatic heterocycles. The molecule has 2 heterocycles. The number of thiazole rings is 1. The molecule has 1 aromatic carbocycles. The molecule has 3 rings (SSSR count). The lowest BCUT2D eigenvalue weighted by atomic mass is 10.1. The van der Waals surface area contributed by atoms with Crippen molar-refractivity contribution in [1.82, 2.24) is 9.97 Å². The summed E-state index contributed by atoms with van der Waals surface area (Å²) in [5.41, 5.74) is 1.08. The van der Waals surface area contributed by atoms with Crippen molar-refractivity contribution < 1.29 is 18.0 Å². The quantitative estimate of drug-likeness (QED) is 0.747. The predicted octanol–water partition coefficient (Wildman–Crippen LogP) is 4.41. The van der Waals surface area contributed by atoms with E-state index < -0.39 is 17.6 Å². The molecule has 25 heavy (non-hydrogen) atoms. The van der Waals surface area contributed by atoms with Crippen molar-refractivity contribution in [3.63, 3.8) is 0 Å². The topological polar surface area (TPSA) is 54.9 Å². The fraction of sp³-hybridized carbons (Fsp3) is 0.118. The SMILES string of the molecule is O=C(Cc1cccc(C(F)(F)F)c1)Nc1nc(-c2ccncc2)cs1. The molecule has 2 aromatic heterocycles. The van der Waals surface area contributed by atoms with Crippen LogP contribution in [0.3, 0.4) is 0 Å². The average Bonchev–Trinajstić information content (AvgIpc) is 3.03. The number of carbonyl (C=O) groups excluding carboxylic acids is 1. The highest BCUT2D eigenvalue weighted by Gasteiger charge is 2.30. The van der Waals surface area contributed by atoms with Gasteiger partial charge in [-0.1, -0.05) is 18.2 Å². The molecule has 0 radical (unpaired) electrons. The third-order valence-corrected chi connectivity index (χ3v) is 4.10. The molecule has 8 heteroatoms. The van der Waals surface area contributed by atoms with Crippen LogP contribution in [0.1, 0.15) is 11.1 Å². The molecule has 0 saturated heterocycles. The number of halogens is 3. The van der Waals surface area contributed by atoms with Crippen molar-refractivity contribution >= 4 is 22.4 Å². The summed E-state index contributed by atoms with van der Waals surface area (Å²) in [6.45, 7) is 0. The Labute approximate surface area is 145 Å². The normalized spacial score (nSPS) is 11.3. The zero-order chi connectivity index (χ0) is 17.9. The maximum Gasteiger partial charge on any atom is 0.416 e. The number of hydrogen-bond acceptors (Lipinski definition) is 4. The zero-order valence-electron chi connectivity index (χ0n) is 12.7. The van der Waals surface area contributed by atoms with Gasteiger partial charge in [0.25, 0.3) is 0 Å². The van der Waals surface area contributed by atoms with Crippen LogP contribution in [0.4, 0.5) is 18.3 Å². The van der Waals surface area contributed by atoms with E-state index in [1.165, 1.54) is 23.5 Å². The molecular formula is C17H12F3N3OS. The zero-order valence-corrected chi connectivity index (χ0v) is 13.6. The first-order valence-electron chi connectivity index (χ1n) is 7.24. The van der Waals surface area contributed by atoms with Crippen molar-refractivity contribution in [3.05, 3.63) is 65.3 Å². The second-order valence-corrected chi connectivity index (χ2v) is 6.05. The summed E-state index contributed by atoms with van der Waals surface area (Å²) in [5.74, 6) is -0.421. The van der Waals surface area contributed by atoms with Gasteiger partial charge in [-0.3, -0.25) is 9.78 Å². The highest BCUT2D eigenvalue weighted by molar-refractivity contribution is 7.14. The number of benzene rings is 1. The van der Waals surface area contributed by atoms with E-state index in [1.807, 2.05) is 0 Å². The molecule has 0 saturated carbocycles. The smallest absolute Gasteiger partial charge is 0.302 e. The molecule has 3 aromatic rings. The molecule has 0 spiro atoms. The van der Waals surface area contributed by atoms with Gasteiger partial charge >= 0.3 is 6.18 Å². The van der Waals surface area contributed by atoms with Crippen molar-refractivity contribution in [2.45, 2.75) is 12.6 Å². The third-order valence-electron chi connectivity index (χ3n) is 3.35. The lowest BCUT2D eigenvalue weighted by Gasteiger charge is -2.08. The standard InChI is InChI=1S/C17H12F3N3OS/c18-17(19,20)13-3-1-2-11(8-13)9-15(24)23-16-22-14(10-25-16)12-4-6-21-7-5-12/h1-8,10H,9H2,(H,22,23,24). The van der Waals surface area contributed by atoms with E-state index in [0.29, 0.717) is 16.4 Å². The summed E-state index contributed by atoms with van der Waals surface area (Å²) in [6, 6.07) is 8.31. The van der Waals surface area contributed by atoms with E-state index >= 15 is 0 Å². The molecule has 128 valence electrons. The predicted molar refractivity (Wildman–Crippen MR) is 89.1 cm³/mol. The number of nitrogens with one attached hydrogen (secondary N) is 1. The molecule has 0 atom stereocenters. The van der Waals surface area contributed by atoms with Crippen LogP contribution in [-0.4, -0.2) is 15.9 Å². The molecule has 0 fully saturated rings. The van der Waals surface area contributed by atoms with Crippen LogP contribution in [0.5, 0.6) is 0 Å². The van der Waals surface area contributed by atoms with E-state index in [9.17, 15) is 18.0 Å².